The molecular weight excluding hydrogens is 413 g/mol. The number of hydrogen-bond donors (Lipinski definition) is 1. The fourth-order valence-corrected chi connectivity index (χ4v) is 3.87. The summed E-state index contributed by atoms with van der Waals surface area (Å²) in [7, 11) is -4.47. The molecule has 1 heterocycles. The van der Waals surface area contributed by atoms with E-state index in [0.717, 1.165) is 12.5 Å². The van der Waals surface area contributed by atoms with Gasteiger partial charge in [-0.15, -0.1) is 0 Å². The van der Waals surface area contributed by atoms with Crippen LogP contribution < -0.4 is 4.72 Å². The van der Waals surface area contributed by atoms with Crippen LogP contribution in [0.5, 0.6) is 0 Å². The van der Waals surface area contributed by atoms with Crippen LogP contribution >= 0.6 is 11.6 Å². The maximum absolute atomic E-state index is 12.7. The monoisotopic (exact) mass is 428 g/mol. The molecule has 0 aliphatic carbocycles. The molecule has 12 heteroatoms. The number of rotatable bonds is 7. The first-order chi connectivity index (χ1) is 12.5. The van der Waals surface area contributed by atoms with Gasteiger partial charge in [0.2, 0.25) is 15.9 Å². The highest BCUT2D eigenvalue weighted by molar-refractivity contribution is 7.89. The summed E-state index contributed by atoms with van der Waals surface area (Å²) < 4.78 is 69.2. The first-order valence-electron chi connectivity index (χ1n) is 7.80. The number of carbonyl (C=O) groups excluding carboxylic acids is 2. The van der Waals surface area contributed by atoms with E-state index < -0.39 is 44.2 Å². The van der Waals surface area contributed by atoms with Gasteiger partial charge in [0.05, 0.1) is 17.1 Å². The van der Waals surface area contributed by atoms with E-state index in [2.05, 4.69) is 0 Å². The molecule has 1 aromatic rings. The van der Waals surface area contributed by atoms with Crippen molar-refractivity contribution in [2.75, 3.05) is 26.2 Å². The molecule has 1 saturated heterocycles. The molecule has 27 heavy (non-hydrogen) atoms. The van der Waals surface area contributed by atoms with E-state index >= 15 is 0 Å². The summed E-state index contributed by atoms with van der Waals surface area (Å²) in [6, 6.07) is 1.84. The van der Waals surface area contributed by atoms with Crippen LogP contribution in [-0.4, -0.2) is 51.4 Å². The number of amides is 1. The summed E-state index contributed by atoms with van der Waals surface area (Å²) in [5.41, 5.74) is -1.19. The Bertz CT molecular complexity index is 829. The van der Waals surface area contributed by atoms with E-state index in [1.165, 1.54) is 4.90 Å². The van der Waals surface area contributed by atoms with Crippen molar-refractivity contribution in [2.45, 2.75) is 23.9 Å². The van der Waals surface area contributed by atoms with E-state index in [0.29, 0.717) is 25.1 Å². The minimum Gasteiger partial charge on any atom is -0.463 e. The Kier molecular flexibility index (Phi) is 6.71. The number of likely N-dealkylation sites (tertiary alicyclic amines) is 1. The van der Waals surface area contributed by atoms with Gasteiger partial charge >= 0.3 is 12.1 Å². The van der Waals surface area contributed by atoms with Crippen LogP contribution in [0.4, 0.5) is 13.2 Å². The van der Waals surface area contributed by atoms with Crippen molar-refractivity contribution in [2.24, 2.45) is 0 Å². The van der Waals surface area contributed by atoms with Crippen LogP contribution in [0.25, 0.3) is 0 Å². The number of sulfonamides is 1. The molecule has 1 aliphatic rings. The number of hydrogen-bond acceptors (Lipinski definition) is 5. The molecule has 150 valence electrons. The van der Waals surface area contributed by atoms with Crippen molar-refractivity contribution in [1.82, 2.24) is 9.62 Å². The van der Waals surface area contributed by atoms with Crippen LogP contribution in [0.3, 0.4) is 0 Å². The van der Waals surface area contributed by atoms with Crippen LogP contribution in [0.1, 0.15) is 18.4 Å². The zero-order chi connectivity index (χ0) is 20.2. The zero-order valence-electron chi connectivity index (χ0n) is 13.9. The molecule has 1 aliphatic heterocycles. The molecule has 0 bridgehead atoms. The standard InChI is InChI=1S/C15H16ClF3N2O5S/c16-11-4-3-10(15(17,18)19)8-12(11)27(24,25)20-9-14(23)26-7-6-21-5-1-2-13(21)22/h3-4,8,20H,1-2,5-7,9H2. The van der Waals surface area contributed by atoms with Gasteiger partial charge < -0.3 is 9.64 Å². The molecule has 0 unspecified atom stereocenters. The second-order valence-electron chi connectivity index (χ2n) is 5.67. The van der Waals surface area contributed by atoms with E-state index in [-0.39, 0.29) is 19.1 Å². The van der Waals surface area contributed by atoms with Crippen LogP contribution in [-0.2, 0) is 30.5 Å². The fraction of sp³-hybridized carbons (Fsp3) is 0.467. The highest BCUT2D eigenvalue weighted by Gasteiger charge is 2.33. The van der Waals surface area contributed by atoms with E-state index in [1.807, 2.05) is 4.72 Å². The number of esters is 1. The number of nitrogens with one attached hydrogen (secondary N) is 1. The lowest BCUT2D eigenvalue weighted by Crippen LogP contribution is -2.33. The highest BCUT2D eigenvalue weighted by Crippen LogP contribution is 2.33. The van der Waals surface area contributed by atoms with Gasteiger partial charge in [0.15, 0.2) is 0 Å². The van der Waals surface area contributed by atoms with Crippen molar-refractivity contribution in [3.63, 3.8) is 0 Å². The zero-order valence-corrected chi connectivity index (χ0v) is 15.5. The third-order valence-corrected chi connectivity index (χ3v) is 5.63. The van der Waals surface area contributed by atoms with Crippen molar-refractivity contribution < 1.29 is 35.9 Å². The summed E-state index contributed by atoms with van der Waals surface area (Å²) in [6.07, 6.45) is -3.59. The predicted octanol–water partition coefficient (Wildman–Crippen LogP) is 1.80. The molecule has 0 aromatic heterocycles. The Balaban J connectivity index is 1.92. The quantitative estimate of drug-likeness (QED) is 0.668. The summed E-state index contributed by atoms with van der Waals surface area (Å²) in [6.45, 7) is -0.146. The van der Waals surface area contributed by atoms with Crippen molar-refractivity contribution in [3.8, 4) is 0 Å². The van der Waals surface area contributed by atoms with Gasteiger partial charge in [0.25, 0.3) is 0 Å². The highest BCUT2D eigenvalue weighted by atomic mass is 35.5. The Morgan fingerprint density at radius 2 is 2.04 bits per heavy atom. The number of halogens is 4. The molecule has 0 saturated carbocycles. The summed E-state index contributed by atoms with van der Waals surface area (Å²) in [4.78, 5) is 23.7. The molecule has 1 amide bonds. The molecule has 0 atom stereocenters. The van der Waals surface area contributed by atoms with Gasteiger partial charge in [-0.3, -0.25) is 9.59 Å². The second-order valence-corrected chi connectivity index (χ2v) is 7.81. The van der Waals surface area contributed by atoms with Gasteiger partial charge in [-0.1, -0.05) is 11.6 Å². The molecule has 1 N–H and O–H groups in total. The summed E-state index contributed by atoms with van der Waals surface area (Å²) in [5.74, 6) is -0.987. The topological polar surface area (TPSA) is 92.8 Å². The Hall–Kier alpha value is -1.85. The lowest BCUT2D eigenvalue weighted by Gasteiger charge is -2.15. The van der Waals surface area contributed by atoms with Gasteiger partial charge in [-0.05, 0) is 24.6 Å². The van der Waals surface area contributed by atoms with Gasteiger partial charge in [-0.2, -0.15) is 17.9 Å². The van der Waals surface area contributed by atoms with Crippen LogP contribution in [0, 0.1) is 0 Å². The molecular formula is C15H16ClF3N2O5S. The van der Waals surface area contributed by atoms with Crippen molar-refractivity contribution in [3.05, 3.63) is 28.8 Å². The Labute approximate surface area is 158 Å². The van der Waals surface area contributed by atoms with Crippen LogP contribution in [0.2, 0.25) is 5.02 Å². The average Bonchev–Trinajstić information content (AvgIpc) is 2.97. The largest absolute Gasteiger partial charge is 0.463 e. The maximum Gasteiger partial charge on any atom is 0.416 e. The maximum atomic E-state index is 12.7. The molecule has 0 spiro atoms. The van der Waals surface area contributed by atoms with E-state index in [4.69, 9.17) is 16.3 Å². The van der Waals surface area contributed by atoms with Crippen LogP contribution in [0.15, 0.2) is 23.1 Å². The van der Waals surface area contributed by atoms with Crippen molar-refractivity contribution >= 4 is 33.5 Å². The Morgan fingerprint density at radius 3 is 2.63 bits per heavy atom. The molecule has 1 fully saturated rings. The number of nitrogens with zero attached hydrogens (tertiary/aromatic N) is 1. The molecule has 7 nitrogen and oxygen atoms in total. The summed E-state index contributed by atoms with van der Waals surface area (Å²) >= 11 is 5.68. The fourth-order valence-electron chi connectivity index (χ4n) is 2.38. The van der Waals surface area contributed by atoms with Crippen molar-refractivity contribution in [1.29, 1.82) is 0 Å². The minimum absolute atomic E-state index is 0.0501. The van der Waals surface area contributed by atoms with Gasteiger partial charge in [0.1, 0.15) is 18.0 Å². The average molecular weight is 429 g/mol. The number of benzene rings is 1. The number of ether oxygens (including phenoxy) is 1. The van der Waals surface area contributed by atoms with Gasteiger partial charge in [-0.25, -0.2) is 8.42 Å². The molecule has 1 aromatic carbocycles. The normalized spacial score (nSPS) is 15.3. The number of alkyl halides is 3. The minimum atomic E-state index is -4.75. The first-order valence-corrected chi connectivity index (χ1v) is 9.66. The lowest BCUT2D eigenvalue weighted by molar-refractivity contribution is -0.144. The number of carbonyl (C=O) groups is 2. The smallest absolute Gasteiger partial charge is 0.416 e. The Morgan fingerprint density at radius 1 is 1.33 bits per heavy atom. The van der Waals surface area contributed by atoms with Gasteiger partial charge in [0, 0.05) is 13.0 Å². The first kappa shape index (κ1) is 21.5. The summed E-state index contributed by atoms with van der Waals surface area (Å²) in [5, 5.41) is -0.420. The second kappa shape index (κ2) is 8.44. The third-order valence-electron chi connectivity index (χ3n) is 3.75. The molecule has 2 rings (SSSR count). The predicted molar refractivity (Wildman–Crippen MR) is 88.4 cm³/mol. The molecule has 0 radical (unpaired) electrons. The third kappa shape index (κ3) is 5.81. The van der Waals surface area contributed by atoms with E-state index in [1.54, 1.807) is 0 Å². The lowest BCUT2D eigenvalue weighted by atomic mass is 10.2. The SMILES string of the molecule is O=C(CNS(=O)(=O)c1cc(C(F)(F)F)ccc1Cl)OCCN1CCCC1=O. The van der Waals surface area contributed by atoms with E-state index in [9.17, 15) is 31.2 Å².